The van der Waals surface area contributed by atoms with Crippen molar-refractivity contribution >= 4 is 16.7 Å². The number of aromatic hydroxyl groups is 1. The summed E-state index contributed by atoms with van der Waals surface area (Å²) in [5, 5.41) is 22.2. The van der Waals surface area contributed by atoms with Gasteiger partial charge in [0.25, 0.3) is 0 Å². The Balaban J connectivity index is 1.45. The van der Waals surface area contributed by atoms with Crippen molar-refractivity contribution in [2.75, 3.05) is 0 Å². The predicted octanol–water partition coefficient (Wildman–Crippen LogP) is 6.69. The smallest absolute Gasteiger partial charge is 0.335 e. The second-order valence-electron chi connectivity index (χ2n) is 10.4. The predicted molar refractivity (Wildman–Crippen MR) is 123 cm³/mol. The average Bonchev–Trinajstić information content (AvgIpc) is 2.73. The molecule has 0 saturated heterocycles. The summed E-state index contributed by atoms with van der Waals surface area (Å²) >= 11 is 0. The summed E-state index contributed by atoms with van der Waals surface area (Å²) in [4.78, 5) is 11.3. The molecule has 3 aromatic rings. The molecule has 0 amide bonds. The lowest BCUT2D eigenvalue weighted by molar-refractivity contribution is -0.00611. The Kier molecular flexibility index (Phi) is 4.02. The molecule has 0 spiro atoms. The number of aryl methyl sites for hydroxylation is 1. The molecular formula is C28H28O3. The molecule has 3 nitrogen and oxygen atoms in total. The van der Waals surface area contributed by atoms with E-state index in [4.69, 9.17) is 0 Å². The number of hydrogen-bond acceptors (Lipinski definition) is 2. The van der Waals surface area contributed by atoms with Gasteiger partial charge in [-0.15, -0.1) is 0 Å². The molecule has 31 heavy (non-hydrogen) atoms. The van der Waals surface area contributed by atoms with Crippen LogP contribution in [0.3, 0.4) is 0 Å². The highest BCUT2D eigenvalue weighted by Crippen LogP contribution is 2.62. The van der Waals surface area contributed by atoms with E-state index in [-0.39, 0.29) is 5.41 Å². The molecule has 0 aliphatic heterocycles. The van der Waals surface area contributed by atoms with Crippen LogP contribution >= 0.6 is 0 Å². The molecule has 3 heteroatoms. The molecule has 2 N–H and O–H groups in total. The number of benzene rings is 3. The largest absolute Gasteiger partial charge is 0.508 e. The van der Waals surface area contributed by atoms with Crippen LogP contribution in [-0.4, -0.2) is 16.2 Å². The van der Waals surface area contributed by atoms with Crippen molar-refractivity contribution in [1.29, 1.82) is 0 Å². The molecule has 4 aliphatic carbocycles. The van der Waals surface area contributed by atoms with Gasteiger partial charge in [0.1, 0.15) is 5.75 Å². The fraction of sp³-hybridized carbons (Fsp3) is 0.393. The molecule has 0 aromatic heterocycles. The van der Waals surface area contributed by atoms with Crippen molar-refractivity contribution in [3.05, 3.63) is 65.2 Å². The van der Waals surface area contributed by atoms with Gasteiger partial charge in [-0.05, 0) is 120 Å². The summed E-state index contributed by atoms with van der Waals surface area (Å²) in [5.41, 5.74) is 5.07. The van der Waals surface area contributed by atoms with E-state index in [1.165, 1.54) is 38.5 Å². The first-order valence-electron chi connectivity index (χ1n) is 11.5. The number of rotatable bonds is 3. The number of hydrogen-bond donors (Lipinski definition) is 2. The fourth-order valence-corrected chi connectivity index (χ4v) is 7.50. The van der Waals surface area contributed by atoms with Crippen LogP contribution in [0.5, 0.6) is 5.75 Å². The number of aromatic carboxylic acids is 1. The maximum atomic E-state index is 11.3. The van der Waals surface area contributed by atoms with Gasteiger partial charge >= 0.3 is 5.97 Å². The molecular weight excluding hydrogens is 384 g/mol. The van der Waals surface area contributed by atoms with Crippen LogP contribution < -0.4 is 0 Å². The van der Waals surface area contributed by atoms with Gasteiger partial charge < -0.3 is 10.2 Å². The van der Waals surface area contributed by atoms with E-state index in [0.29, 0.717) is 11.3 Å². The molecule has 4 aliphatic rings. The second-order valence-corrected chi connectivity index (χ2v) is 10.4. The summed E-state index contributed by atoms with van der Waals surface area (Å²) < 4.78 is 0. The Morgan fingerprint density at radius 1 is 0.903 bits per heavy atom. The quantitative estimate of drug-likeness (QED) is 0.504. The number of fused-ring (bicyclic) bond motifs is 1. The highest BCUT2D eigenvalue weighted by Gasteiger charge is 2.52. The average molecular weight is 413 g/mol. The van der Waals surface area contributed by atoms with Crippen molar-refractivity contribution in [2.24, 2.45) is 17.8 Å². The van der Waals surface area contributed by atoms with Crippen molar-refractivity contribution in [3.63, 3.8) is 0 Å². The van der Waals surface area contributed by atoms with Crippen molar-refractivity contribution in [3.8, 4) is 16.9 Å². The van der Waals surface area contributed by atoms with E-state index >= 15 is 0 Å². The topological polar surface area (TPSA) is 57.5 Å². The van der Waals surface area contributed by atoms with E-state index in [1.807, 2.05) is 24.3 Å². The summed E-state index contributed by atoms with van der Waals surface area (Å²) in [5.74, 6) is 2.05. The van der Waals surface area contributed by atoms with Crippen LogP contribution in [0.1, 0.15) is 60.0 Å². The van der Waals surface area contributed by atoms with E-state index in [1.54, 1.807) is 12.1 Å². The Morgan fingerprint density at radius 2 is 1.58 bits per heavy atom. The molecule has 0 heterocycles. The number of carboxylic acid groups (broad SMARTS) is 1. The summed E-state index contributed by atoms with van der Waals surface area (Å²) in [6.45, 7) is 2.11. The highest BCUT2D eigenvalue weighted by molar-refractivity contribution is 5.97. The van der Waals surface area contributed by atoms with Crippen LogP contribution in [0.25, 0.3) is 21.9 Å². The number of phenols is 1. The van der Waals surface area contributed by atoms with E-state index in [9.17, 15) is 15.0 Å². The van der Waals surface area contributed by atoms with Crippen LogP contribution in [0.4, 0.5) is 0 Å². The third kappa shape index (κ3) is 2.90. The minimum Gasteiger partial charge on any atom is -0.508 e. The van der Waals surface area contributed by atoms with Crippen LogP contribution in [0.2, 0.25) is 0 Å². The van der Waals surface area contributed by atoms with Crippen molar-refractivity contribution < 1.29 is 15.0 Å². The monoisotopic (exact) mass is 412 g/mol. The third-order valence-electron chi connectivity index (χ3n) is 8.45. The molecule has 0 atom stereocenters. The lowest BCUT2D eigenvalue weighted by Gasteiger charge is -2.57. The SMILES string of the molecule is Cc1c(-c2ccc(O)c(C34CC5CC(CC(C5)C3)C4)c2)ccc2cc(C(=O)O)ccc12. The van der Waals surface area contributed by atoms with Gasteiger partial charge in [-0.1, -0.05) is 24.3 Å². The van der Waals surface area contributed by atoms with Crippen molar-refractivity contribution in [1.82, 2.24) is 0 Å². The number of carbonyl (C=O) groups is 1. The normalized spacial score (nSPS) is 28.9. The van der Waals surface area contributed by atoms with Gasteiger partial charge in [-0.25, -0.2) is 4.79 Å². The zero-order valence-electron chi connectivity index (χ0n) is 17.9. The van der Waals surface area contributed by atoms with Gasteiger partial charge in [0.2, 0.25) is 0 Å². The maximum absolute atomic E-state index is 11.3. The third-order valence-corrected chi connectivity index (χ3v) is 8.45. The molecule has 7 rings (SSSR count). The van der Waals surface area contributed by atoms with E-state index < -0.39 is 5.97 Å². The molecule has 0 radical (unpaired) electrons. The molecule has 4 fully saturated rings. The minimum absolute atomic E-state index is 0.149. The summed E-state index contributed by atoms with van der Waals surface area (Å²) in [7, 11) is 0. The maximum Gasteiger partial charge on any atom is 0.335 e. The molecule has 158 valence electrons. The zero-order valence-corrected chi connectivity index (χ0v) is 17.9. The Bertz CT molecular complexity index is 1190. The minimum atomic E-state index is -0.901. The lowest BCUT2D eigenvalue weighted by atomic mass is 9.48. The van der Waals surface area contributed by atoms with Crippen LogP contribution in [-0.2, 0) is 5.41 Å². The summed E-state index contributed by atoms with van der Waals surface area (Å²) in [6, 6.07) is 15.6. The number of carboxylic acids is 1. The molecule has 4 saturated carbocycles. The Hall–Kier alpha value is -2.81. The van der Waals surface area contributed by atoms with E-state index in [0.717, 1.165) is 50.8 Å². The summed E-state index contributed by atoms with van der Waals surface area (Å²) in [6.07, 6.45) is 7.85. The van der Waals surface area contributed by atoms with Gasteiger partial charge in [-0.2, -0.15) is 0 Å². The van der Waals surface area contributed by atoms with Crippen molar-refractivity contribution in [2.45, 2.75) is 50.9 Å². The fourth-order valence-electron chi connectivity index (χ4n) is 7.50. The number of phenolic OH excluding ortho intramolecular Hbond substituents is 1. The van der Waals surface area contributed by atoms with E-state index in [2.05, 4.69) is 19.1 Å². The second kappa shape index (κ2) is 6.59. The molecule has 0 unspecified atom stereocenters. The first-order valence-corrected chi connectivity index (χ1v) is 11.5. The van der Waals surface area contributed by atoms with Gasteiger partial charge in [0.05, 0.1) is 5.56 Å². The Labute approximate surface area is 182 Å². The van der Waals surface area contributed by atoms with Gasteiger partial charge in [0.15, 0.2) is 0 Å². The highest BCUT2D eigenvalue weighted by atomic mass is 16.4. The molecule has 3 aromatic carbocycles. The lowest BCUT2D eigenvalue weighted by Crippen LogP contribution is -2.48. The molecule has 4 bridgehead atoms. The first-order chi connectivity index (χ1) is 14.9. The standard InChI is InChI=1S/C28H28O3/c1-16-23-6-3-22(27(30)31)11-20(23)2-5-24(16)21-4-7-26(29)25(12-21)28-13-17-8-18(14-28)10-19(9-17)15-28/h2-7,11-12,17-19,29H,8-10,13-15H2,1H3,(H,30,31). The van der Waals surface area contributed by atoms with Gasteiger partial charge in [0, 0.05) is 5.56 Å². The first kappa shape index (κ1) is 18.9. The van der Waals surface area contributed by atoms with Crippen LogP contribution in [0.15, 0.2) is 48.5 Å². The van der Waals surface area contributed by atoms with Crippen LogP contribution in [0, 0.1) is 24.7 Å². The Morgan fingerprint density at radius 3 is 2.23 bits per heavy atom. The zero-order chi connectivity index (χ0) is 21.3. The van der Waals surface area contributed by atoms with Gasteiger partial charge in [-0.3, -0.25) is 0 Å².